The molecule has 4 heteroatoms. The highest BCUT2D eigenvalue weighted by atomic mass is 14.9. The third-order valence-electron chi connectivity index (χ3n) is 7.95. The lowest BCUT2D eigenvalue weighted by molar-refractivity contribution is 1.34. The van der Waals surface area contributed by atoms with Crippen LogP contribution in [0.4, 0.5) is 0 Å². The normalized spacial score (nSPS) is 11.3. The van der Waals surface area contributed by atoms with Crippen LogP contribution in [-0.2, 0) is 0 Å². The summed E-state index contributed by atoms with van der Waals surface area (Å²) < 4.78 is 0. The minimum atomic E-state index is 0.819. The Hall–Kier alpha value is -5.87. The summed E-state index contributed by atoms with van der Waals surface area (Å²) in [4.78, 5) is 18.0. The van der Waals surface area contributed by atoms with Crippen molar-refractivity contribution in [3.05, 3.63) is 174 Å². The van der Waals surface area contributed by atoms with Gasteiger partial charge in [0, 0.05) is 28.7 Å². The SMILES string of the molecule is c1ccc(C(=C(c2ccccc2)c2ccc(-c3nc4c5cccnc5c5ncccc5c4[nH]3)cc2)c2ccccc2)cc1. The Morgan fingerprint density at radius 2 is 0.884 bits per heavy atom. The molecule has 0 saturated heterocycles. The molecule has 0 atom stereocenters. The van der Waals surface area contributed by atoms with Gasteiger partial charge in [-0.15, -0.1) is 0 Å². The van der Waals surface area contributed by atoms with Crippen molar-refractivity contribution < 1.29 is 0 Å². The Bertz CT molecular complexity index is 2140. The van der Waals surface area contributed by atoms with E-state index >= 15 is 0 Å². The number of benzene rings is 5. The predicted molar refractivity (Wildman–Crippen MR) is 176 cm³/mol. The average molecular weight is 551 g/mol. The van der Waals surface area contributed by atoms with Gasteiger partial charge in [-0.25, -0.2) is 4.98 Å². The quantitative estimate of drug-likeness (QED) is 0.172. The number of aromatic nitrogens is 4. The monoisotopic (exact) mass is 550 g/mol. The number of imidazole rings is 1. The van der Waals surface area contributed by atoms with E-state index in [9.17, 15) is 0 Å². The van der Waals surface area contributed by atoms with Crippen LogP contribution < -0.4 is 0 Å². The highest BCUT2D eigenvalue weighted by molar-refractivity contribution is 6.21. The topological polar surface area (TPSA) is 54.5 Å². The van der Waals surface area contributed by atoms with Crippen LogP contribution in [0.15, 0.2) is 152 Å². The number of nitrogens with zero attached hydrogens (tertiary/aromatic N) is 3. The molecule has 0 bridgehead atoms. The van der Waals surface area contributed by atoms with E-state index in [1.807, 2.05) is 24.5 Å². The standard InChI is InChI=1S/C39H26N4/c1-4-12-26(13-5-1)33(27-14-6-2-7-15-27)34(28-16-8-3-9-17-28)29-20-22-30(23-21-29)39-42-37-31-18-10-24-40-35(31)36-32(38(37)43-39)19-11-25-41-36/h1-25H,(H,42,43). The number of rotatable bonds is 5. The van der Waals surface area contributed by atoms with Crippen molar-refractivity contribution in [2.75, 3.05) is 0 Å². The van der Waals surface area contributed by atoms with Crippen molar-refractivity contribution in [3.8, 4) is 11.4 Å². The summed E-state index contributed by atoms with van der Waals surface area (Å²) >= 11 is 0. The summed E-state index contributed by atoms with van der Waals surface area (Å²) in [7, 11) is 0. The molecule has 0 fully saturated rings. The molecular weight excluding hydrogens is 524 g/mol. The summed E-state index contributed by atoms with van der Waals surface area (Å²) in [5.41, 5.74) is 11.7. The molecule has 0 aliphatic rings. The molecule has 43 heavy (non-hydrogen) atoms. The van der Waals surface area contributed by atoms with Crippen LogP contribution in [0, 0.1) is 0 Å². The fourth-order valence-corrected chi connectivity index (χ4v) is 6.00. The lowest BCUT2D eigenvalue weighted by Crippen LogP contribution is -1.97. The van der Waals surface area contributed by atoms with Gasteiger partial charge < -0.3 is 4.98 Å². The maximum atomic E-state index is 5.09. The van der Waals surface area contributed by atoms with Crippen LogP contribution in [0.5, 0.6) is 0 Å². The van der Waals surface area contributed by atoms with Crippen LogP contribution >= 0.6 is 0 Å². The second-order valence-corrected chi connectivity index (χ2v) is 10.5. The van der Waals surface area contributed by atoms with Gasteiger partial charge in [0.2, 0.25) is 0 Å². The maximum Gasteiger partial charge on any atom is 0.138 e. The van der Waals surface area contributed by atoms with E-state index in [-0.39, 0.29) is 0 Å². The highest BCUT2D eigenvalue weighted by Gasteiger charge is 2.18. The molecule has 8 aromatic rings. The fraction of sp³-hybridized carbons (Fsp3) is 0. The van der Waals surface area contributed by atoms with E-state index < -0.39 is 0 Å². The van der Waals surface area contributed by atoms with E-state index in [0.717, 1.165) is 49.8 Å². The predicted octanol–water partition coefficient (Wildman–Crippen LogP) is 9.33. The zero-order chi connectivity index (χ0) is 28.6. The van der Waals surface area contributed by atoms with Crippen LogP contribution in [-0.4, -0.2) is 19.9 Å². The number of hydrogen-bond donors (Lipinski definition) is 1. The smallest absolute Gasteiger partial charge is 0.138 e. The Balaban J connectivity index is 1.32. The van der Waals surface area contributed by atoms with Gasteiger partial charge in [-0.3, -0.25) is 9.97 Å². The van der Waals surface area contributed by atoms with Crippen LogP contribution in [0.3, 0.4) is 0 Å². The third kappa shape index (κ3) is 4.37. The zero-order valence-electron chi connectivity index (χ0n) is 23.3. The molecule has 1 N–H and O–H groups in total. The minimum absolute atomic E-state index is 0.819. The van der Waals surface area contributed by atoms with Crippen molar-refractivity contribution in [2.24, 2.45) is 0 Å². The van der Waals surface area contributed by atoms with Crippen molar-refractivity contribution >= 4 is 44.0 Å². The first-order valence-electron chi connectivity index (χ1n) is 14.4. The van der Waals surface area contributed by atoms with E-state index in [4.69, 9.17) is 4.98 Å². The van der Waals surface area contributed by atoms with Gasteiger partial charge in [0.1, 0.15) is 5.82 Å². The Morgan fingerprint density at radius 1 is 0.419 bits per heavy atom. The molecule has 4 nitrogen and oxygen atoms in total. The molecular formula is C39H26N4. The maximum absolute atomic E-state index is 5.09. The molecule has 0 saturated carbocycles. The second-order valence-electron chi connectivity index (χ2n) is 10.5. The molecule has 0 aliphatic heterocycles. The first kappa shape index (κ1) is 24.9. The molecule has 5 aromatic carbocycles. The molecule has 8 rings (SSSR count). The molecule has 3 aromatic heterocycles. The van der Waals surface area contributed by atoms with Crippen LogP contribution in [0.2, 0.25) is 0 Å². The van der Waals surface area contributed by atoms with Gasteiger partial charge in [0.05, 0.1) is 22.1 Å². The van der Waals surface area contributed by atoms with Crippen molar-refractivity contribution in [3.63, 3.8) is 0 Å². The number of nitrogens with one attached hydrogen (secondary N) is 1. The highest BCUT2D eigenvalue weighted by Crippen LogP contribution is 2.38. The number of hydrogen-bond acceptors (Lipinski definition) is 3. The van der Waals surface area contributed by atoms with Gasteiger partial charge in [-0.2, -0.15) is 0 Å². The molecule has 0 unspecified atom stereocenters. The number of aromatic amines is 1. The first-order valence-corrected chi connectivity index (χ1v) is 14.4. The van der Waals surface area contributed by atoms with Crippen molar-refractivity contribution in [2.45, 2.75) is 0 Å². The number of H-pyrrole nitrogens is 1. The van der Waals surface area contributed by atoms with Gasteiger partial charge in [0.15, 0.2) is 0 Å². The summed E-state index contributed by atoms with van der Waals surface area (Å²) in [6.07, 6.45) is 3.63. The van der Waals surface area contributed by atoms with E-state index in [1.54, 1.807) is 0 Å². The molecule has 0 spiro atoms. The Morgan fingerprint density at radius 3 is 1.42 bits per heavy atom. The Labute approximate surface area is 249 Å². The van der Waals surface area contributed by atoms with Gasteiger partial charge in [-0.05, 0) is 57.7 Å². The number of pyridine rings is 2. The van der Waals surface area contributed by atoms with Gasteiger partial charge in [-0.1, -0.05) is 115 Å². The summed E-state index contributed by atoms with van der Waals surface area (Å²) in [5, 5.41) is 2.01. The third-order valence-corrected chi connectivity index (χ3v) is 7.95. The molecule has 0 aliphatic carbocycles. The summed E-state index contributed by atoms with van der Waals surface area (Å²) in [5.74, 6) is 0.819. The zero-order valence-corrected chi connectivity index (χ0v) is 23.3. The molecule has 0 radical (unpaired) electrons. The summed E-state index contributed by atoms with van der Waals surface area (Å²) in [6.45, 7) is 0. The lowest BCUT2D eigenvalue weighted by atomic mass is 9.85. The molecule has 202 valence electrons. The van der Waals surface area contributed by atoms with Gasteiger partial charge >= 0.3 is 0 Å². The van der Waals surface area contributed by atoms with Crippen molar-refractivity contribution in [1.82, 2.24) is 19.9 Å². The second kappa shape index (κ2) is 10.5. The van der Waals surface area contributed by atoms with Crippen LogP contribution in [0.1, 0.15) is 22.3 Å². The molecule has 3 heterocycles. The molecule has 0 amide bonds. The van der Waals surface area contributed by atoms with E-state index in [1.165, 1.54) is 27.8 Å². The fourth-order valence-electron chi connectivity index (χ4n) is 6.00. The average Bonchev–Trinajstić information content (AvgIpc) is 3.55. The first-order chi connectivity index (χ1) is 21.3. The van der Waals surface area contributed by atoms with Gasteiger partial charge in [0.25, 0.3) is 0 Å². The van der Waals surface area contributed by atoms with Crippen molar-refractivity contribution in [1.29, 1.82) is 0 Å². The number of fused-ring (bicyclic) bond motifs is 6. The van der Waals surface area contributed by atoms with E-state index in [0.29, 0.717) is 0 Å². The van der Waals surface area contributed by atoms with E-state index in [2.05, 4.69) is 142 Å². The lowest BCUT2D eigenvalue weighted by Gasteiger charge is -2.18. The van der Waals surface area contributed by atoms with Crippen LogP contribution in [0.25, 0.3) is 55.4 Å². The largest absolute Gasteiger partial charge is 0.337 e. The minimum Gasteiger partial charge on any atom is -0.337 e. The summed E-state index contributed by atoms with van der Waals surface area (Å²) in [6, 6.07) is 48.7. The Kier molecular flexibility index (Phi) is 6.08.